The molecule has 1 aliphatic carbocycles. The number of anilines is 1. The summed E-state index contributed by atoms with van der Waals surface area (Å²) < 4.78 is 11.2. The van der Waals surface area contributed by atoms with Gasteiger partial charge in [-0.1, -0.05) is 12.1 Å². The number of hydrogen-bond acceptors (Lipinski definition) is 6. The van der Waals surface area contributed by atoms with Gasteiger partial charge in [0.05, 0.1) is 5.69 Å². The van der Waals surface area contributed by atoms with E-state index < -0.39 is 23.2 Å². The van der Waals surface area contributed by atoms with E-state index in [1.807, 2.05) is 12.1 Å². The first-order chi connectivity index (χ1) is 13.6. The Morgan fingerprint density at radius 1 is 1.24 bits per heavy atom. The maximum absolute atomic E-state index is 12.3. The second-order valence-electron chi connectivity index (χ2n) is 8.08. The number of nitrogens with zero attached hydrogens (tertiary/aromatic N) is 1. The van der Waals surface area contributed by atoms with Gasteiger partial charge in [-0.25, -0.2) is 14.6 Å². The largest absolute Gasteiger partial charge is 0.479 e. The zero-order chi connectivity index (χ0) is 21.2. The average molecular weight is 399 g/mol. The first-order valence-corrected chi connectivity index (χ1v) is 9.33. The standard InChI is InChI=1S/C21H25N3O5/c1-20(2,3)29-19(27)24-21(18(25)26)10-9-13-6-4-8-16(14(13)12-21)28-17-15(22)7-5-11-23-17/h4-8,11H,9-10,12,22H2,1-3H3,(H,24,27)(H,25,26)/t21-/m1/s1. The van der Waals surface area contributed by atoms with Crippen molar-refractivity contribution in [2.45, 2.75) is 51.2 Å². The highest BCUT2D eigenvalue weighted by molar-refractivity contribution is 5.85. The van der Waals surface area contributed by atoms with Crippen LogP contribution in [0.1, 0.15) is 38.3 Å². The number of benzene rings is 1. The molecule has 29 heavy (non-hydrogen) atoms. The van der Waals surface area contributed by atoms with Gasteiger partial charge in [0, 0.05) is 18.2 Å². The van der Waals surface area contributed by atoms with Gasteiger partial charge in [-0.3, -0.25) is 0 Å². The number of ether oxygens (including phenoxy) is 2. The number of amides is 1. The van der Waals surface area contributed by atoms with E-state index in [1.165, 1.54) is 0 Å². The second kappa shape index (κ2) is 7.62. The van der Waals surface area contributed by atoms with E-state index in [2.05, 4.69) is 10.3 Å². The average Bonchev–Trinajstić information content (AvgIpc) is 2.62. The third-order valence-corrected chi connectivity index (χ3v) is 4.69. The maximum Gasteiger partial charge on any atom is 0.408 e. The number of alkyl carbamates (subject to hydrolysis) is 1. The van der Waals surface area contributed by atoms with Crippen LogP contribution in [0.15, 0.2) is 36.5 Å². The molecule has 4 N–H and O–H groups in total. The number of carboxylic acid groups (broad SMARTS) is 1. The van der Waals surface area contributed by atoms with Crippen molar-refractivity contribution in [1.29, 1.82) is 0 Å². The molecular formula is C21H25N3O5. The number of nitrogens with two attached hydrogens (primary N) is 1. The SMILES string of the molecule is CC(C)(C)OC(=O)N[C@]1(C(=O)O)CCc2cccc(Oc3ncccc3N)c2C1. The molecule has 0 spiro atoms. The minimum absolute atomic E-state index is 0.0554. The molecule has 1 amide bonds. The normalized spacial score (nSPS) is 18.4. The summed E-state index contributed by atoms with van der Waals surface area (Å²) in [5, 5.41) is 12.5. The molecule has 1 aromatic heterocycles. The molecule has 0 bridgehead atoms. The van der Waals surface area contributed by atoms with Crippen molar-refractivity contribution in [2.24, 2.45) is 0 Å². The fourth-order valence-corrected chi connectivity index (χ4v) is 3.31. The van der Waals surface area contributed by atoms with Gasteiger partial charge in [-0.15, -0.1) is 0 Å². The zero-order valence-electron chi connectivity index (χ0n) is 16.7. The Balaban J connectivity index is 1.92. The lowest BCUT2D eigenvalue weighted by Gasteiger charge is -2.36. The molecule has 3 rings (SSSR count). The quantitative estimate of drug-likeness (QED) is 0.720. The lowest BCUT2D eigenvalue weighted by molar-refractivity contribution is -0.145. The molecule has 0 aliphatic heterocycles. The molecule has 8 heteroatoms. The first-order valence-electron chi connectivity index (χ1n) is 9.33. The summed E-state index contributed by atoms with van der Waals surface area (Å²) in [5.74, 6) is -0.419. The number of carbonyl (C=O) groups excluding carboxylic acids is 1. The van der Waals surface area contributed by atoms with Gasteiger partial charge in [-0.2, -0.15) is 0 Å². The van der Waals surface area contributed by atoms with Crippen LogP contribution in [0.2, 0.25) is 0 Å². The number of carboxylic acids is 1. The summed E-state index contributed by atoms with van der Waals surface area (Å²) in [5.41, 5.74) is 5.71. The number of aromatic nitrogens is 1. The summed E-state index contributed by atoms with van der Waals surface area (Å²) in [6.07, 6.45) is 1.55. The molecule has 8 nitrogen and oxygen atoms in total. The van der Waals surface area contributed by atoms with E-state index in [1.54, 1.807) is 45.2 Å². The van der Waals surface area contributed by atoms with Crippen LogP contribution in [0, 0.1) is 0 Å². The van der Waals surface area contributed by atoms with E-state index >= 15 is 0 Å². The van der Waals surface area contributed by atoms with Crippen molar-refractivity contribution < 1.29 is 24.2 Å². The van der Waals surface area contributed by atoms with Crippen LogP contribution in [-0.2, 0) is 22.4 Å². The maximum atomic E-state index is 12.3. The Hall–Kier alpha value is -3.29. The minimum atomic E-state index is -1.50. The highest BCUT2D eigenvalue weighted by Crippen LogP contribution is 2.37. The van der Waals surface area contributed by atoms with Crippen LogP contribution in [0.5, 0.6) is 11.6 Å². The Bertz CT molecular complexity index is 938. The van der Waals surface area contributed by atoms with Crippen molar-refractivity contribution >= 4 is 17.7 Å². The fraction of sp³-hybridized carbons (Fsp3) is 0.381. The molecule has 1 atom stereocenters. The molecule has 154 valence electrons. The topological polar surface area (TPSA) is 124 Å². The molecule has 1 aliphatic rings. The van der Waals surface area contributed by atoms with Gasteiger partial charge >= 0.3 is 12.1 Å². The lowest BCUT2D eigenvalue weighted by Crippen LogP contribution is -2.58. The monoisotopic (exact) mass is 399 g/mol. The van der Waals surface area contributed by atoms with Gasteiger partial charge in [0.25, 0.3) is 0 Å². The lowest BCUT2D eigenvalue weighted by atomic mass is 9.77. The van der Waals surface area contributed by atoms with Crippen molar-refractivity contribution in [1.82, 2.24) is 10.3 Å². The minimum Gasteiger partial charge on any atom is -0.479 e. The summed E-state index contributed by atoms with van der Waals surface area (Å²) in [6.45, 7) is 5.16. The number of fused-ring (bicyclic) bond motifs is 1. The Morgan fingerprint density at radius 2 is 2.00 bits per heavy atom. The van der Waals surface area contributed by atoms with Crippen LogP contribution in [0.25, 0.3) is 0 Å². The van der Waals surface area contributed by atoms with Crippen LogP contribution in [0.3, 0.4) is 0 Å². The zero-order valence-corrected chi connectivity index (χ0v) is 16.7. The number of aryl methyl sites for hydroxylation is 1. The molecule has 0 saturated heterocycles. The smallest absolute Gasteiger partial charge is 0.408 e. The van der Waals surface area contributed by atoms with E-state index in [0.717, 1.165) is 5.56 Å². The second-order valence-corrected chi connectivity index (χ2v) is 8.08. The Morgan fingerprint density at radius 3 is 2.66 bits per heavy atom. The number of nitrogens with one attached hydrogen (secondary N) is 1. The van der Waals surface area contributed by atoms with Crippen molar-refractivity contribution in [3.63, 3.8) is 0 Å². The number of hydrogen-bond donors (Lipinski definition) is 3. The van der Waals surface area contributed by atoms with Gasteiger partial charge in [0.1, 0.15) is 16.9 Å². The van der Waals surface area contributed by atoms with Crippen LogP contribution < -0.4 is 15.8 Å². The number of nitrogen functional groups attached to an aromatic ring is 1. The van der Waals surface area contributed by atoms with Gasteiger partial charge in [-0.05, 0) is 57.4 Å². The molecule has 0 unspecified atom stereocenters. The van der Waals surface area contributed by atoms with E-state index in [4.69, 9.17) is 15.2 Å². The van der Waals surface area contributed by atoms with Crippen molar-refractivity contribution in [2.75, 3.05) is 5.73 Å². The highest BCUT2D eigenvalue weighted by atomic mass is 16.6. The predicted molar refractivity (Wildman–Crippen MR) is 107 cm³/mol. The van der Waals surface area contributed by atoms with Gasteiger partial charge < -0.3 is 25.6 Å². The summed E-state index contributed by atoms with van der Waals surface area (Å²) >= 11 is 0. The van der Waals surface area contributed by atoms with Crippen LogP contribution >= 0.6 is 0 Å². The number of aliphatic carboxylic acids is 1. The molecule has 1 heterocycles. The van der Waals surface area contributed by atoms with E-state index in [0.29, 0.717) is 23.4 Å². The third kappa shape index (κ3) is 4.59. The molecule has 0 saturated carbocycles. The predicted octanol–water partition coefficient (Wildman–Crippen LogP) is 3.29. The van der Waals surface area contributed by atoms with Crippen molar-refractivity contribution in [3.05, 3.63) is 47.7 Å². The number of carbonyl (C=O) groups is 2. The molecule has 1 aromatic carbocycles. The summed E-state index contributed by atoms with van der Waals surface area (Å²) in [4.78, 5) is 28.6. The Labute approximate surface area is 169 Å². The van der Waals surface area contributed by atoms with E-state index in [9.17, 15) is 14.7 Å². The Kier molecular flexibility index (Phi) is 5.37. The summed E-state index contributed by atoms with van der Waals surface area (Å²) in [6, 6.07) is 8.86. The number of rotatable bonds is 4. The van der Waals surface area contributed by atoms with Gasteiger partial charge in [0.2, 0.25) is 5.88 Å². The first kappa shape index (κ1) is 20.4. The third-order valence-electron chi connectivity index (χ3n) is 4.69. The number of pyridine rings is 1. The van der Waals surface area contributed by atoms with Crippen LogP contribution in [-0.4, -0.2) is 33.3 Å². The van der Waals surface area contributed by atoms with Crippen molar-refractivity contribution in [3.8, 4) is 11.6 Å². The molecule has 2 aromatic rings. The van der Waals surface area contributed by atoms with Gasteiger partial charge in [0.15, 0.2) is 0 Å². The summed E-state index contributed by atoms with van der Waals surface area (Å²) in [7, 11) is 0. The van der Waals surface area contributed by atoms with E-state index in [-0.39, 0.29) is 18.7 Å². The fourth-order valence-electron chi connectivity index (χ4n) is 3.31. The van der Waals surface area contributed by atoms with Crippen LogP contribution in [0.4, 0.5) is 10.5 Å². The highest BCUT2D eigenvalue weighted by Gasteiger charge is 2.44. The molecule has 0 radical (unpaired) electrons. The molecular weight excluding hydrogens is 374 g/mol. The molecule has 0 fully saturated rings.